The lowest BCUT2D eigenvalue weighted by molar-refractivity contribution is -0.134. The molecule has 0 saturated carbocycles. The van der Waals surface area contributed by atoms with Gasteiger partial charge in [-0.15, -0.1) is 0 Å². The molecular weight excluding hydrogens is 180 g/mol. The molecule has 0 fully saturated rings. The van der Waals surface area contributed by atoms with Crippen molar-refractivity contribution >= 4 is 17.3 Å². The Balaban J connectivity index is 2.19. The molecule has 0 atom stereocenters. The Hall–Kier alpha value is -1.97. The number of esters is 1. The molecule has 0 spiro atoms. The van der Waals surface area contributed by atoms with Crippen LogP contribution in [0.5, 0.6) is 0 Å². The minimum Gasteiger partial charge on any atom is -0.678 e. The zero-order valence-electron chi connectivity index (χ0n) is 7.60. The number of hydrogen-bond acceptors (Lipinski definition) is 2. The summed E-state index contributed by atoms with van der Waals surface area (Å²) in [5.74, 6) is -0.0571. The van der Waals surface area contributed by atoms with Gasteiger partial charge in [-0.3, -0.25) is 5.82 Å². The number of hydrogen-bond donors (Lipinski definition) is 0. The average Bonchev–Trinajstić information content (AvgIpc) is 2.59. The summed E-state index contributed by atoms with van der Waals surface area (Å²) in [5.41, 5.74) is 1.56. The van der Waals surface area contributed by atoms with Crippen molar-refractivity contribution in [1.29, 1.82) is 0 Å². The maximum Gasteiger partial charge on any atom is 0.327 e. The van der Waals surface area contributed by atoms with Gasteiger partial charge in [0.05, 0.1) is 7.11 Å². The first-order chi connectivity index (χ1) is 6.79. The van der Waals surface area contributed by atoms with Crippen LogP contribution in [0, 0.1) is 0 Å². The van der Waals surface area contributed by atoms with Crippen molar-refractivity contribution in [1.82, 2.24) is 0 Å². The number of carbonyl (C=O) groups is 1. The first kappa shape index (κ1) is 8.62. The summed E-state index contributed by atoms with van der Waals surface area (Å²) in [7, 11) is 1.32. The van der Waals surface area contributed by atoms with Crippen molar-refractivity contribution in [2.75, 3.05) is 7.11 Å². The second-order valence-electron chi connectivity index (χ2n) is 2.74. The lowest BCUT2D eigenvalue weighted by Gasteiger charge is -2.25. The molecule has 1 aliphatic rings. The number of methoxy groups -OCH3 is 1. The van der Waals surface area contributed by atoms with E-state index in [0.29, 0.717) is 5.82 Å². The van der Waals surface area contributed by atoms with Crippen molar-refractivity contribution in [3.05, 3.63) is 46.8 Å². The number of carbonyl (C=O) groups excluding carboxylic acids is 1. The van der Waals surface area contributed by atoms with Gasteiger partial charge < -0.3 is 15.4 Å². The van der Waals surface area contributed by atoms with Crippen molar-refractivity contribution in [2.45, 2.75) is 0 Å². The van der Waals surface area contributed by atoms with Crippen molar-refractivity contribution in [3.8, 4) is 0 Å². The first-order valence-corrected chi connectivity index (χ1v) is 4.12. The van der Waals surface area contributed by atoms with Crippen LogP contribution in [-0.2, 0) is 9.53 Å². The second kappa shape index (κ2) is 3.41. The molecule has 0 amide bonds. The highest BCUT2D eigenvalue weighted by Crippen LogP contribution is 2.47. The second-order valence-corrected chi connectivity index (χ2v) is 2.74. The van der Waals surface area contributed by atoms with Crippen LogP contribution in [0.1, 0.15) is 0 Å². The van der Waals surface area contributed by atoms with Crippen molar-refractivity contribution in [3.63, 3.8) is 0 Å². The molecule has 14 heavy (non-hydrogen) atoms. The third kappa shape index (κ3) is 1.54. The maximum atomic E-state index is 10.9. The molecule has 0 N–H and O–H groups in total. The van der Waals surface area contributed by atoms with Gasteiger partial charge in [-0.2, -0.15) is 11.4 Å². The van der Waals surface area contributed by atoms with E-state index in [0.717, 1.165) is 11.4 Å². The van der Waals surface area contributed by atoms with Crippen LogP contribution in [0.15, 0.2) is 36.2 Å². The number of benzene rings is 1. The van der Waals surface area contributed by atoms with Gasteiger partial charge >= 0.3 is 5.97 Å². The lowest BCUT2D eigenvalue weighted by atomic mass is 10.3. The van der Waals surface area contributed by atoms with Gasteiger partial charge in [0.15, 0.2) is 0 Å². The van der Waals surface area contributed by atoms with Gasteiger partial charge in [0.2, 0.25) is 0 Å². The van der Waals surface area contributed by atoms with E-state index in [1.807, 2.05) is 24.3 Å². The SMILES string of the molecule is COC(=O)C=C1[N-]c2ccccc2[N-]1. The molecule has 1 aromatic carbocycles. The molecule has 0 aliphatic carbocycles. The molecule has 4 heteroatoms. The van der Waals surface area contributed by atoms with E-state index in [-0.39, 0.29) is 0 Å². The summed E-state index contributed by atoms with van der Waals surface area (Å²) in [6, 6.07) is 7.44. The summed E-state index contributed by atoms with van der Waals surface area (Å²) >= 11 is 0. The Labute approximate surface area is 81.6 Å². The molecule has 1 aromatic rings. The van der Waals surface area contributed by atoms with Gasteiger partial charge in [-0.25, -0.2) is 4.79 Å². The van der Waals surface area contributed by atoms with E-state index < -0.39 is 5.97 Å². The van der Waals surface area contributed by atoms with E-state index in [1.54, 1.807) is 0 Å². The predicted octanol–water partition coefficient (Wildman–Crippen LogP) is 2.73. The van der Waals surface area contributed by atoms with Crippen LogP contribution in [0.25, 0.3) is 10.6 Å². The first-order valence-electron chi connectivity index (χ1n) is 4.12. The quantitative estimate of drug-likeness (QED) is 0.502. The van der Waals surface area contributed by atoms with E-state index in [2.05, 4.69) is 15.4 Å². The molecule has 72 valence electrons. The zero-order valence-corrected chi connectivity index (χ0v) is 7.60. The predicted molar refractivity (Wildman–Crippen MR) is 52.6 cm³/mol. The molecule has 0 aromatic heterocycles. The fourth-order valence-corrected chi connectivity index (χ4v) is 1.15. The molecule has 2 rings (SSSR count). The third-order valence-electron chi connectivity index (χ3n) is 1.80. The number of ether oxygens (including phenoxy) is 1. The standard InChI is InChI=1S/C10H9N2O2/c1-14-10(13)6-9-11-7-4-2-3-5-8(7)12-9/h2-6H,1H3,(H-,11,12,13)/q-1/p-1. The summed E-state index contributed by atoms with van der Waals surface area (Å²) in [4.78, 5) is 10.9. The molecule has 1 heterocycles. The molecule has 0 bridgehead atoms. The van der Waals surface area contributed by atoms with Crippen LogP contribution in [0.2, 0.25) is 0 Å². The monoisotopic (exact) mass is 188 g/mol. The Morgan fingerprint density at radius 2 is 1.86 bits per heavy atom. The number of para-hydroxylation sites is 2. The van der Waals surface area contributed by atoms with E-state index in [1.165, 1.54) is 13.2 Å². The van der Waals surface area contributed by atoms with Crippen LogP contribution in [-0.4, -0.2) is 13.1 Å². The molecular formula is C10H8N2O2-2. The number of nitrogens with zero attached hydrogens (tertiary/aromatic N) is 2. The highest BCUT2D eigenvalue weighted by Gasteiger charge is 1.93. The highest BCUT2D eigenvalue weighted by molar-refractivity contribution is 5.92. The van der Waals surface area contributed by atoms with Gasteiger partial charge in [0, 0.05) is 0 Å². The largest absolute Gasteiger partial charge is 0.678 e. The topological polar surface area (TPSA) is 54.5 Å². The summed E-state index contributed by atoms with van der Waals surface area (Å²) < 4.78 is 4.48. The maximum absolute atomic E-state index is 10.9. The van der Waals surface area contributed by atoms with Gasteiger partial charge in [0.1, 0.15) is 0 Å². The van der Waals surface area contributed by atoms with Crippen molar-refractivity contribution in [2.24, 2.45) is 0 Å². The van der Waals surface area contributed by atoms with E-state index in [9.17, 15) is 4.79 Å². The van der Waals surface area contributed by atoms with E-state index in [4.69, 9.17) is 0 Å². The molecule has 0 radical (unpaired) electrons. The highest BCUT2D eigenvalue weighted by atomic mass is 16.5. The van der Waals surface area contributed by atoms with Gasteiger partial charge in [-0.05, 0) is 6.08 Å². The van der Waals surface area contributed by atoms with Crippen LogP contribution < -0.4 is 0 Å². The van der Waals surface area contributed by atoms with Gasteiger partial charge in [0.25, 0.3) is 0 Å². The third-order valence-corrected chi connectivity index (χ3v) is 1.80. The summed E-state index contributed by atoms with van der Waals surface area (Å²) in [6.07, 6.45) is 1.26. The molecule has 0 saturated heterocycles. The summed E-state index contributed by atoms with van der Waals surface area (Å²) in [5, 5.41) is 8.27. The van der Waals surface area contributed by atoms with Crippen molar-refractivity contribution < 1.29 is 9.53 Å². The Morgan fingerprint density at radius 1 is 1.29 bits per heavy atom. The van der Waals surface area contributed by atoms with Gasteiger partial charge in [-0.1, -0.05) is 24.3 Å². The van der Waals surface area contributed by atoms with Crippen LogP contribution in [0.4, 0.5) is 11.4 Å². The Morgan fingerprint density at radius 3 is 2.36 bits per heavy atom. The number of rotatable bonds is 1. The number of fused-ring (bicyclic) bond motifs is 1. The molecule has 0 unspecified atom stereocenters. The Kier molecular flexibility index (Phi) is 2.10. The normalized spacial score (nSPS) is 12.5. The van der Waals surface area contributed by atoms with Crippen LogP contribution >= 0.6 is 0 Å². The molecule has 1 aliphatic heterocycles. The smallest absolute Gasteiger partial charge is 0.327 e. The minimum absolute atomic E-state index is 0.387. The van der Waals surface area contributed by atoms with Crippen LogP contribution in [0.3, 0.4) is 0 Å². The fourth-order valence-electron chi connectivity index (χ4n) is 1.15. The molecule has 4 nitrogen and oxygen atoms in total. The fraction of sp³-hybridized carbons (Fsp3) is 0.100. The minimum atomic E-state index is -0.444. The summed E-state index contributed by atoms with van der Waals surface area (Å²) in [6.45, 7) is 0. The zero-order chi connectivity index (χ0) is 9.97. The Bertz CT molecular complexity index is 372. The lowest BCUT2D eigenvalue weighted by Crippen LogP contribution is -1.94. The van der Waals surface area contributed by atoms with E-state index >= 15 is 0 Å². The average molecular weight is 188 g/mol.